The number of hydrogen-bond donors (Lipinski definition) is 0. The third-order valence-electron chi connectivity index (χ3n) is 2.32. The number of carbonyl (C=O) groups is 1. The van der Waals surface area contributed by atoms with Crippen LogP contribution >= 0.6 is 11.6 Å². The molecule has 0 aliphatic carbocycles. The monoisotopic (exact) mass is 257 g/mol. The molecule has 0 bridgehead atoms. The van der Waals surface area contributed by atoms with Gasteiger partial charge in [-0.05, 0) is 6.92 Å². The van der Waals surface area contributed by atoms with Crippen molar-refractivity contribution >= 4 is 23.1 Å². The Morgan fingerprint density at radius 1 is 1.29 bits per heavy atom. The van der Waals surface area contributed by atoms with Gasteiger partial charge in [0, 0.05) is 19.2 Å². The quantitative estimate of drug-likeness (QED) is 0.812. The maximum Gasteiger partial charge on any atom is 0.149 e. The summed E-state index contributed by atoms with van der Waals surface area (Å²) >= 11 is 6.00. The number of anilines is 1. The van der Waals surface area contributed by atoms with E-state index in [1.807, 2.05) is 7.05 Å². The Labute approximate surface area is 106 Å². The molecule has 0 spiro atoms. The molecule has 0 fully saturated rings. The molecule has 0 saturated carbocycles. The summed E-state index contributed by atoms with van der Waals surface area (Å²) in [6, 6.07) is 3.43. The molecular weight excluding hydrogens is 242 g/mol. The summed E-state index contributed by atoms with van der Waals surface area (Å²) in [4.78, 5) is 12.9. The van der Waals surface area contributed by atoms with Crippen LogP contribution in [0.3, 0.4) is 0 Å². The molecule has 0 heterocycles. The van der Waals surface area contributed by atoms with Crippen molar-refractivity contribution < 1.29 is 14.3 Å². The molecule has 94 valence electrons. The Morgan fingerprint density at radius 3 is 2.35 bits per heavy atom. The summed E-state index contributed by atoms with van der Waals surface area (Å²) in [5.74, 6) is 1.24. The lowest BCUT2D eigenvalue weighted by molar-refractivity contribution is -0.115. The SMILES string of the molecule is COc1cc(N(C)CC(C)=O)c(OC)cc1Cl. The van der Waals surface area contributed by atoms with E-state index in [0.717, 1.165) is 5.69 Å². The Morgan fingerprint density at radius 2 is 1.88 bits per heavy atom. The first-order valence-electron chi connectivity index (χ1n) is 5.11. The first-order valence-corrected chi connectivity index (χ1v) is 5.49. The number of ketones is 1. The number of benzene rings is 1. The minimum atomic E-state index is 0.0727. The van der Waals surface area contributed by atoms with Crippen LogP contribution < -0.4 is 14.4 Å². The summed E-state index contributed by atoms with van der Waals surface area (Å²) in [7, 11) is 4.91. The van der Waals surface area contributed by atoms with Gasteiger partial charge in [-0.25, -0.2) is 0 Å². The lowest BCUT2D eigenvalue weighted by Crippen LogP contribution is -2.24. The van der Waals surface area contributed by atoms with E-state index < -0.39 is 0 Å². The first-order chi connectivity index (χ1) is 7.99. The smallest absolute Gasteiger partial charge is 0.149 e. The topological polar surface area (TPSA) is 38.8 Å². The van der Waals surface area contributed by atoms with Gasteiger partial charge in [0.25, 0.3) is 0 Å². The third kappa shape index (κ3) is 3.27. The maximum atomic E-state index is 11.1. The van der Waals surface area contributed by atoms with Crippen LogP contribution in [0, 0.1) is 0 Å². The van der Waals surface area contributed by atoms with Crippen LogP contribution in [0.5, 0.6) is 11.5 Å². The van der Waals surface area contributed by atoms with Crippen LogP contribution in [0.15, 0.2) is 12.1 Å². The van der Waals surface area contributed by atoms with Gasteiger partial charge in [-0.3, -0.25) is 4.79 Å². The van der Waals surface area contributed by atoms with Crippen LogP contribution in [0.1, 0.15) is 6.92 Å². The van der Waals surface area contributed by atoms with Crippen molar-refractivity contribution in [3.8, 4) is 11.5 Å². The highest BCUT2D eigenvalue weighted by atomic mass is 35.5. The van der Waals surface area contributed by atoms with Crippen LogP contribution in [0.4, 0.5) is 5.69 Å². The molecule has 0 aromatic heterocycles. The van der Waals surface area contributed by atoms with E-state index in [9.17, 15) is 4.79 Å². The number of likely N-dealkylation sites (N-methyl/N-ethyl adjacent to an activating group) is 1. The van der Waals surface area contributed by atoms with Crippen molar-refractivity contribution in [2.24, 2.45) is 0 Å². The molecule has 0 atom stereocenters. The summed E-state index contributed by atoms with van der Waals surface area (Å²) in [5.41, 5.74) is 0.768. The first kappa shape index (κ1) is 13.6. The molecule has 0 amide bonds. The van der Waals surface area contributed by atoms with Crippen molar-refractivity contribution in [3.05, 3.63) is 17.2 Å². The van der Waals surface area contributed by atoms with Gasteiger partial charge >= 0.3 is 0 Å². The minimum Gasteiger partial charge on any atom is -0.495 e. The number of Topliss-reactive ketones (excluding diaryl/α,β-unsaturated/α-hetero) is 1. The number of halogens is 1. The fourth-order valence-electron chi connectivity index (χ4n) is 1.56. The Hall–Kier alpha value is -1.42. The minimum absolute atomic E-state index is 0.0727. The van der Waals surface area contributed by atoms with E-state index >= 15 is 0 Å². The van der Waals surface area contributed by atoms with Crippen LogP contribution in [0.25, 0.3) is 0 Å². The van der Waals surface area contributed by atoms with Crippen LogP contribution in [-0.2, 0) is 4.79 Å². The molecule has 0 aliphatic heterocycles. The van der Waals surface area contributed by atoms with Crippen molar-refractivity contribution in [1.82, 2.24) is 0 Å². The molecule has 1 rings (SSSR count). The molecule has 0 unspecified atom stereocenters. The number of carbonyl (C=O) groups excluding carboxylic acids is 1. The standard InChI is InChI=1S/C12H16ClNO3/c1-8(15)7-14(2)10-6-11(16-3)9(13)5-12(10)17-4/h5-6H,7H2,1-4H3. The zero-order valence-electron chi connectivity index (χ0n) is 10.4. The molecule has 4 nitrogen and oxygen atoms in total. The second-order valence-electron chi connectivity index (χ2n) is 3.72. The Kier molecular flexibility index (Phi) is 4.63. The van der Waals surface area contributed by atoms with E-state index in [2.05, 4.69) is 0 Å². The number of rotatable bonds is 5. The van der Waals surface area contributed by atoms with Gasteiger partial charge in [-0.1, -0.05) is 11.6 Å². The van der Waals surface area contributed by atoms with E-state index in [1.165, 1.54) is 6.92 Å². The largest absolute Gasteiger partial charge is 0.495 e. The number of methoxy groups -OCH3 is 2. The number of hydrogen-bond acceptors (Lipinski definition) is 4. The molecule has 1 aromatic rings. The zero-order valence-corrected chi connectivity index (χ0v) is 11.2. The Balaban J connectivity index is 3.15. The average molecular weight is 258 g/mol. The van der Waals surface area contributed by atoms with Gasteiger partial charge < -0.3 is 14.4 Å². The van der Waals surface area contributed by atoms with E-state index in [-0.39, 0.29) is 5.78 Å². The average Bonchev–Trinajstić information content (AvgIpc) is 2.27. The molecule has 0 N–H and O–H groups in total. The van der Waals surface area contributed by atoms with Gasteiger partial charge in [0.05, 0.1) is 31.5 Å². The van der Waals surface area contributed by atoms with Gasteiger partial charge in [0.1, 0.15) is 17.3 Å². The lowest BCUT2D eigenvalue weighted by atomic mass is 10.2. The Bertz CT molecular complexity index is 420. The summed E-state index contributed by atoms with van der Waals surface area (Å²) in [5, 5.41) is 0.476. The molecule has 0 radical (unpaired) electrons. The molecule has 1 aromatic carbocycles. The van der Waals surface area contributed by atoms with Gasteiger partial charge in [0.15, 0.2) is 0 Å². The van der Waals surface area contributed by atoms with Crippen molar-refractivity contribution in [1.29, 1.82) is 0 Å². The van der Waals surface area contributed by atoms with Crippen molar-refractivity contribution in [2.45, 2.75) is 6.92 Å². The van der Waals surface area contributed by atoms with Gasteiger partial charge in [0.2, 0.25) is 0 Å². The lowest BCUT2D eigenvalue weighted by Gasteiger charge is -2.21. The normalized spacial score (nSPS) is 9.94. The van der Waals surface area contributed by atoms with Crippen LogP contribution in [-0.4, -0.2) is 33.6 Å². The summed E-state index contributed by atoms with van der Waals surface area (Å²) in [6.07, 6.45) is 0. The predicted octanol–water partition coefficient (Wildman–Crippen LogP) is 2.38. The molecule has 0 aliphatic rings. The van der Waals surface area contributed by atoms with Crippen molar-refractivity contribution in [3.63, 3.8) is 0 Å². The van der Waals surface area contributed by atoms with Gasteiger partial charge in [-0.2, -0.15) is 0 Å². The number of nitrogens with zero attached hydrogens (tertiary/aromatic N) is 1. The number of ether oxygens (including phenoxy) is 2. The van der Waals surface area contributed by atoms with Crippen molar-refractivity contribution in [2.75, 3.05) is 32.7 Å². The fourth-order valence-corrected chi connectivity index (χ4v) is 1.79. The summed E-state index contributed by atoms with van der Waals surface area (Å²) < 4.78 is 10.4. The second-order valence-corrected chi connectivity index (χ2v) is 4.12. The zero-order chi connectivity index (χ0) is 13.0. The summed E-state index contributed by atoms with van der Waals surface area (Å²) in [6.45, 7) is 1.84. The predicted molar refractivity (Wildman–Crippen MR) is 68.5 cm³/mol. The molecule has 17 heavy (non-hydrogen) atoms. The second kappa shape index (κ2) is 5.77. The molecule has 5 heteroatoms. The maximum absolute atomic E-state index is 11.1. The highest BCUT2D eigenvalue weighted by molar-refractivity contribution is 6.32. The van der Waals surface area contributed by atoms with Crippen LogP contribution in [0.2, 0.25) is 5.02 Å². The fraction of sp³-hybridized carbons (Fsp3) is 0.417. The highest BCUT2D eigenvalue weighted by Crippen LogP contribution is 2.37. The van der Waals surface area contributed by atoms with Gasteiger partial charge in [-0.15, -0.1) is 0 Å². The molecular formula is C12H16ClNO3. The van der Waals surface area contributed by atoms with E-state index in [0.29, 0.717) is 23.1 Å². The molecule has 0 saturated heterocycles. The highest BCUT2D eigenvalue weighted by Gasteiger charge is 2.14. The third-order valence-corrected chi connectivity index (χ3v) is 2.62. The van der Waals surface area contributed by atoms with E-state index in [1.54, 1.807) is 31.3 Å². The van der Waals surface area contributed by atoms with E-state index in [4.69, 9.17) is 21.1 Å².